The van der Waals surface area contributed by atoms with Gasteiger partial charge in [-0.3, -0.25) is 9.69 Å². The monoisotopic (exact) mass is 657 g/mol. The van der Waals surface area contributed by atoms with Crippen molar-refractivity contribution in [1.82, 2.24) is 19.5 Å². The maximum absolute atomic E-state index is 13.6. The number of carbonyl (C=O) groups is 2. The van der Waals surface area contributed by atoms with Gasteiger partial charge in [0.2, 0.25) is 16.3 Å². The van der Waals surface area contributed by atoms with Crippen LogP contribution in [0.2, 0.25) is 0 Å². The van der Waals surface area contributed by atoms with Crippen LogP contribution >= 0.6 is 0 Å². The first-order valence-corrected chi connectivity index (χ1v) is 15.5. The zero-order chi connectivity index (χ0) is 33.5. The molecule has 4 rings (SSSR count). The van der Waals surface area contributed by atoms with Gasteiger partial charge in [-0.25, -0.2) is 18.2 Å². The molecule has 2 N–H and O–H groups in total. The van der Waals surface area contributed by atoms with Gasteiger partial charge in [0.1, 0.15) is 5.75 Å². The minimum absolute atomic E-state index is 0.0235. The summed E-state index contributed by atoms with van der Waals surface area (Å²) in [5, 5.41) is 15.6. The molecule has 248 valence electrons. The molecule has 1 amide bonds. The highest BCUT2D eigenvalue weighted by molar-refractivity contribution is 7.89. The number of aryl methyl sites for hydroxylation is 2. The van der Waals surface area contributed by atoms with E-state index in [2.05, 4.69) is 27.5 Å². The molecule has 2 aliphatic heterocycles. The third-order valence-corrected chi connectivity index (χ3v) is 9.32. The summed E-state index contributed by atoms with van der Waals surface area (Å²) in [5.74, 6) is -2.72. The Kier molecular flexibility index (Phi) is 11.8. The Morgan fingerprint density at radius 3 is 2.07 bits per heavy atom. The topological polar surface area (TPSA) is 141 Å². The van der Waals surface area contributed by atoms with Crippen LogP contribution in [0.5, 0.6) is 5.75 Å². The van der Waals surface area contributed by atoms with E-state index in [1.807, 2.05) is 12.1 Å². The molecule has 1 fully saturated rings. The number of halogens is 3. The summed E-state index contributed by atoms with van der Waals surface area (Å²) in [6.07, 6.45) is -3.35. The van der Waals surface area contributed by atoms with Gasteiger partial charge in [-0.1, -0.05) is 24.3 Å². The Bertz CT molecular complexity index is 1470. The zero-order valence-corrected chi connectivity index (χ0v) is 26.5. The predicted octanol–water partition coefficient (Wildman–Crippen LogP) is 3.08. The second-order valence-corrected chi connectivity index (χ2v) is 12.6. The molecule has 2 heterocycles. The number of nitrogens with one attached hydrogen (secondary N) is 1. The molecule has 1 atom stereocenters. The second-order valence-electron chi connectivity index (χ2n) is 10.6. The highest BCUT2D eigenvalue weighted by Crippen LogP contribution is 2.29. The Balaban J connectivity index is 0.000000707. The molecule has 0 aromatic heterocycles. The molecule has 16 heteroatoms. The first kappa shape index (κ1) is 35.6. The second kappa shape index (κ2) is 14.9. The Labute approximate surface area is 260 Å². The van der Waals surface area contributed by atoms with E-state index >= 15 is 0 Å². The molecule has 0 radical (unpaired) electrons. The number of hydrogen-bond donors (Lipinski definition) is 2. The number of likely N-dealkylation sites (N-methyl/N-ethyl adjacent to an activating group) is 2. The standard InChI is InChI=1S/C27H37N5O5S.C2HF3O2/c1-19-14-23(36-5)15-20(2)25(19)38(34,35)30(4)18-24-32(29-27(37-24)26(33)28-3)17-22-10-8-21(9-11-22)16-31-12-6-7-13-31;3-2(4,5)1(6)7/h8-11,14-15,24H,6-7,12-13,16-18H2,1-5H3,(H,28,33);(H,6,7). The van der Waals surface area contributed by atoms with Gasteiger partial charge in [0.15, 0.2) is 0 Å². The smallest absolute Gasteiger partial charge is 0.490 e. The van der Waals surface area contributed by atoms with Crippen LogP contribution in [-0.4, -0.2) is 98.8 Å². The van der Waals surface area contributed by atoms with Gasteiger partial charge < -0.3 is 19.9 Å². The van der Waals surface area contributed by atoms with E-state index in [-0.39, 0.29) is 17.3 Å². The molecule has 1 unspecified atom stereocenters. The summed E-state index contributed by atoms with van der Waals surface area (Å²) in [5.41, 5.74) is 3.41. The molecule has 0 saturated carbocycles. The van der Waals surface area contributed by atoms with Crippen LogP contribution in [0.1, 0.15) is 35.1 Å². The van der Waals surface area contributed by atoms with Gasteiger partial charge in [0, 0.05) is 20.6 Å². The van der Waals surface area contributed by atoms with Crippen LogP contribution in [0.4, 0.5) is 13.2 Å². The van der Waals surface area contributed by atoms with Gasteiger partial charge in [0.05, 0.1) is 25.1 Å². The molecule has 0 spiro atoms. The minimum atomic E-state index is -5.08. The van der Waals surface area contributed by atoms with Gasteiger partial charge in [-0.2, -0.15) is 17.5 Å². The number of ether oxygens (including phenoxy) is 2. The largest absolute Gasteiger partial charge is 0.497 e. The van der Waals surface area contributed by atoms with E-state index in [1.54, 1.807) is 38.1 Å². The van der Waals surface area contributed by atoms with Crippen molar-refractivity contribution in [2.75, 3.05) is 40.8 Å². The molecule has 1 saturated heterocycles. The third-order valence-electron chi connectivity index (χ3n) is 7.19. The number of carboxylic acids is 1. The average Bonchev–Trinajstić information content (AvgIpc) is 3.63. The number of aliphatic carboxylic acids is 1. The highest BCUT2D eigenvalue weighted by atomic mass is 32.2. The van der Waals surface area contributed by atoms with E-state index in [1.165, 1.54) is 36.8 Å². The number of alkyl halides is 3. The number of sulfonamides is 1. The zero-order valence-electron chi connectivity index (χ0n) is 25.7. The lowest BCUT2D eigenvalue weighted by molar-refractivity contribution is -0.192. The van der Waals surface area contributed by atoms with Crippen LogP contribution in [0, 0.1) is 13.8 Å². The van der Waals surface area contributed by atoms with Crippen molar-refractivity contribution in [2.45, 2.75) is 57.1 Å². The number of amides is 1. The van der Waals surface area contributed by atoms with Gasteiger partial charge in [-0.15, -0.1) is 5.10 Å². The maximum atomic E-state index is 13.6. The molecule has 2 aromatic carbocycles. The lowest BCUT2D eigenvalue weighted by atomic mass is 10.1. The van der Waals surface area contributed by atoms with Crippen molar-refractivity contribution in [3.8, 4) is 5.75 Å². The summed E-state index contributed by atoms with van der Waals surface area (Å²) in [6, 6.07) is 11.7. The molecule has 45 heavy (non-hydrogen) atoms. The molecular weight excluding hydrogens is 619 g/mol. The number of hydrogen-bond acceptors (Lipinski definition) is 9. The number of nitrogens with zero attached hydrogens (tertiary/aromatic N) is 4. The van der Waals surface area contributed by atoms with E-state index < -0.39 is 34.3 Å². The molecule has 2 aromatic rings. The van der Waals surface area contributed by atoms with Crippen LogP contribution in [0.15, 0.2) is 46.4 Å². The minimum Gasteiger partial charge on any atom is -0.497 e. The van der Waals surface area contributed by atoms with Gasteiger partial charge >= 0.3 is 18.1 Å². The lowest BCUT2D eigenvalue weighted by Crippen LogP contribution is -2.42. The van der Waals surface area contributed by atoms with Crippen molar-refractivity contribution in [3.63, 3.8) is 0 Å². The van der Waals surface area contributed by atoms with E-state index in [0.717, 1.165) is 25.2 Å². The fraction of sp³-hybridized carbons (Fsp3) is 0.483. The van der Waals surface area contributed by atoms with Gasteiger partial charge in [0.25, 0.3) is 5.90 Å². The van der Waals surface area contributed by atoms with Crippen molar-refractivity contribution in [2.24, 2.45) is 5.10 Å². The van der Waals surface area contributed by atoms with Crippen LogP contribution < -0.4 is 10.1 Å². The summed E-state index contributed by atoms with van der Waals surface area (Å²) in [4.78, 5) is 23.8. The fourth-order valence-corrected chi connectivity index (χ4v) is 6.48. The number of likely N-dealkylation sites (tertiary alicyclic amines) is 1. The third kappa shape index (κ3) is 9.31. The van der Waals surface area contributed by atoms with E-state index in [0.29, 0.717) is 23.4 Å². The average molecular weight is 658 g/mol. The molecule has 12 nitrogen and oxygen atoms in total. The number of methoxy groups -OCH3 is 1. The van der Waals surface area contributed by atoms with Crippen molar-refractivity contribution < 1.29 is 45.8 Å². The first-order chi connectivity index (χ1) is 21.1. The van der Waals surface area contributed by atoms with Crippen molar-refractivity contribution in [3.05, 3.63) is 58.7 Å². The van der Waals surface area contributed by atoms with Crippen LogP contribution in [-0.2, 0) is 37.4 Å². The van der Waals surface area contributed by atoms with Crippen molar-refractivity contribution >= 4 is 27.8 Å². The van der Waals surface area contributed by atoms with Crippen molar-refractivity contribution in [1.29, 1.82) is 0 Å². The Morgan fingerprint density at radius 2 is 1.60 bits per heavy atom. The summed E-state index contributed by atoms with van der Waals surface area (Å²) < 4.78 is 71.2. The SMILES string of the molecule is CNC(=O)C1=NN(Cc2ccc(CN3CCCC3)cc2)C(CN(C)S(=O)(=O)c2c(C)cc(OC)cc2C)O1.O=C(O)C(F)(F)F. The number of carbonyl (C=O) groups excluding carboxylic acids is 1. The van der Waals surface area contributed by atoms with Gasteiger partial charge in [-0.05, 0) is 74.2 Å². The summed E-state index contributed by atoms with van der Waals surface area (Å²) in [7, 11) is 0.695. The molecule has 2 aliphatic rings. The van der Waals surface area contributed by atoms with E-state index in [9.17, 15) is 26.4 Å². The number of rotatable bonds is 10. The number of carboxylic acid groups (broad SMARTS) is 1. The lowest BCUT2D eigenvalue weighted by Gasteiger charge is -2.27. The Morgan fingerprint density at radius 1 is 1.09 bits per heavy atom. The summed E-state index contributed by atoms with van der Waals surface area (Å²) >= 11 is 0. The quantitative estimate of drug-likeness (QED) is 0.395. The van der Waals surface area contributed by atoms with Crippen LogP contribution in [0.3, 0.4) is 0 Å². The normalized spacial score (nSPS) is 17.0. The molecular formula is C29H38F3N5O7S. The number of hydrazone groups is 1. The first-order valence-electron chi connectivity index (χ1n) is 14.0. The number of benzene rings is 2. The molecule has 0 bridgehead atoms. The van der Waals surface area contributed by atoms with E-state index in [4.69, 9.17) is 19.4 Å². The highest BCUT2D eigenvalue weighted by Gasteiger charge is 2.38. The summed E-state index contributed by atoms with van der Waals surface area (Å²) in [6.45, 7) is 7.04. The molecule has 0 aliphatic carbocycles. The fourth-order valence-electron chi connectivity index (χ4n) is 4.91. The predicted molar refractivity (Wildman–Crippen MR) is 159 cm³/mol. The Hall–Kier alpha value is -3.89. The maximum Gasteiger partial charge on any atom is 0.490 e. The van der Waals surface area contributed by atoms with Crippen LogP contribution in [0.25, 0.3) is 0 Å².